The lowest BCUT2D eigenvalue weighted by Gasteiger charge is -2.03. The summed E-state index contributed by atoms with van der Waals surface area (Å²) in [5.74, 6) is 19.1. The number of rotatable bonds is 36. The zero-order valence-corrected chi connectivity index (χ0v) is 34.3. The van der Waals surface area contributed by atoms with Crippen LogP contribution in [0.2, 0.25) is 0 Å². The highest BCUT2D eigenvalue weighted by molar-refractivity contribution is 5.43. The Morgan fingerprint density at radius 3 is 0.731 bits per heavy atom. The van der Waals surface area contributed by atoms with Crippen molar-refractivity contribution >= 4 is 0 Å². The third-order valence-corrected chi connectivity index (χ3v) is 10.6. The Labute approximate surface area is 326 Å². The molecule has 0 aliphatic heterocycles. The predicted molar refractivity (Wildman–Crippen MR) is 233 cm³/mol. The van der Waals surface area contributed by atoms with Crippen molar-refractivity contribution < 1.29 is 0 Å². The maximum absolute atomic E-state index is 5.31. The van der Waals surface area contributed by atoms with Gasteiger partial charge in [-0.1, -0.05) is 222 Å². The molecule has 0 N–H and O–H groups in total. The van der Waals surface area contributed by atoms with Gasteiger partial charge in [-0.25, -0.2) is 0 Å². The van der Waals surface area contributed by atoms with Gasteiger partial charge in [0.15, 0.2) is 0 Å². The summed E-state index contributed by atoms with van der Waals surface area (Å²) in [6, 6.07) is 8.51. The summed E-state index contributed by atoms with van der Waals surface area (Å²) in [5, 5.41) is 0. The zero-order chi connectivity index (χ0) is 37.1. The van der Waals surface area contributed by atoms with Crippen molar-refractivity contribution in [3.05, 3.63) is 35.4 Å². The van der Waals surface area contributed by atoms with E-state index in [9.17, 15) is 0 Å². The average molecular weight is 707 g/mol. The maximum atomic E-state index is 5.31. The third kappa shape index (κ3) is 35.8. The molecule has 0 saturated heterocycles. The summed E-state index contributed by atoms with van der Waals surface area (Å²) in [4.78, 5) is 0. The van der Waals surface area contributed by atoms with Gasteiger partial charge >= 0.3 is 0 Å². The van der Waals surface area contributed by atoms with E-state index < -0.39 is 0 Å². The van der Waals surface area contributed by atoms with Crippen LogP contribution in [0.1, 0.15) is 255 Å². The molecule has 0 amide bonds. The van der Waals surface area contributed by atoms with Crippen LogP contribution in [-0.4, -0.2) is 0 Å². The van der Waals surface area contributed by atoms with Crippen LogP contribution in [0.15, 0.2) is 24.3 Å². The van der Waals surface area contributed by atoms with Crippen LogP contribution in [0.5, 0.6) is 0 Å². The van der Waals surface area contributed by atoms with Crippen molar-refractivity contribution in [1.29, 1.82) is 0 Å². The van der Waals surface area contributed by atoms with E-state index in [2.05, 4.69) is 59.8 Å². The van der Waals surface area contributed by atoms with Gasteiger partial charge in [-0.05, 0) is 43.9 Å². The summed E-state index contributed by atoms with van der Waals surface area (Å²) in [6.07, 6.45) is 61.5. The first-order valence-electron chi connectivity index (χ1n) is 22.8. The molecule has 1 aromatic carbocycles. The molecule has 0 radical (unpaired) electrons. The Balaban J connectivity index is 1.88. The summed E-state index contributed by atoms with van der Waals surface area (Å²) >= 11 is 0. The van der Waals surface area contributed by atoms with Gasteiger partial charge in [0.25, 0.3) is 0 Å². The number of hydrogen-bond donors (Lipinski definition) is 0. The van der Waals surface area contributed by atoms with E-state index in [0.717, 1.165) is 36.8 Å². The second-order valence-corrected chi connectivity index (χ2v) is 15.6. The van der Waals surface area contributed by atoms with Crippen LogP contribution in [-0.2, 0) is 0 Å². The monoisotopic (exact) mass is 707 g/mol. The highest BCUT2D eigenvalue weighted by Crippen LogP contribution is 2.16. The van der Waals surface area contributed by atoms with E-state index in [1.54, 1.807) is 0 Å². The Bertz CT molecular complexity index is 1020. The highest BCUT2D eigenvalue weighted by atomic mass is 14.0. The molecule has 0 fully saturated rings. The quantitative estimate of drug-likeness (QED) is 0.0481. The van der Waals surface area contributed by atoms with Crippen molar-refractivity contribution in [3.8, 4) is 48.4 Å². The Morgan fingerprint density at radius 1 is 0.288 bits per heavy atom. The molecule has 1 rings (SSSR count). The van der Waals surface area contributed by atoms with Gasteiger partial charge in [-0.2, -0.15) is 0 Å². The molecule has 0 saturated carbocycles. The fourth-order valence-corrected chi connectivity index (χ4v) is 7.19. The second kappa shape index (κ2) is 41.2. The van der Waals surface area contributed by atoms with Crippen molar-refractivity contribution in [3.63, 3.8) is 0 Å². The van der Waals surface area contributed by atoms with Crippen LogP contribution in [0.4, 0.5) is 0 Å². The lowest BCUT2D eigenvalue weighted by molar-refractivity contribution is 0.527. The van der Waals surface area contributed by atoms with Crippen molar-refractivity contribution in [1.82, 2.24) is 0 Å². The topological polar surface area (TPSA) is 0 Å². The molecule has 0 unspecified atom stereocenters. The minimum Gasteiger partial charge on any atom is -0.120 e. The number of terminal acetylenes is 2. The first-order chi connectivity index (χ1) is 25.9. The molecule has 0 aliphatic rings. The van der Waals surface area contributed by atoms with Crippen LogP contribution in [0.25, 0.3) is 0 Å². The predicted octanol–water partition coefficient (Wildman–Crippen LogP) is 16.5. The van der Waals surface area contributed by atoms with E-state index in [-0.39, 0.29) is 0 Å². The molecule has 0 atom stereocenters. The molecule has 0 heterocycles. The van der Waals surface area contributed by atoms with E-state index >= 15 is 0 Å². The van der Waals surface area contributed by atoms with Gasteiger partial charge in [-0.3, -0.25) is 0 Å². The number of hydrogen-bond acceptors (Lipinski definition) is 0. The van der Waals surface area contributed by atoms with E-state index in [0.29, 0.717) is 0 Å². The lowest BCUT2D eigenvalue weighted by Crippen LogP contribution is -1.84. The molecule has 0 heteroatoms. The minimum atomic E-state index is 0.959. The summed E-state index contributed by atoms with van der Waals surface area (Å²) in [7, 11) is 0. The van der Waals surface area contributed by atoms with Gasteiger partial charge in [0.2, 0.25) is 0 Å². The maximum Gasteiger partial charge on any atom is 0.0257 e. The molecule has 0 spiro atoms. The minimum absolute atomic E-state index is 0.959. The van der Waals surface area contributed by atoms with Crippen molar-refractivity contribution in [2.75, 3.05) is 0 Å². The number of benzene rings is 1. The molecule has 0 bridgehead atoms. The fraction of sp³-hybridized carbons (Fsp3) is 0.731. The van der Waals surface area contributed by atoms with Gasteiger partial charge in [0.1, 0.15) is 0 Å². The van der Waals surface area contributed by atoms with Crippen LogP contribution >= 0.6 is 0 Å². The molecule has 1 aromatic rings. The fourth-order valence-electron chi connectivity index (χ4n) is 7.19. The Morgan fingerprint density at radius 2 is 0.500 bits per heavy atom. The molecule has 52 heavy (non-hydrogen) atoms. The standard InChI is InChI=1S/C52H82/c1-3-5-7-9-11-13-15-17-19-21-23-25-27-29-31-33-35-37-39-41-43-46-51-48-45-49-52(50-51)47-44-42-40-38-36-34-32-30-28-26-24-22-20-18-16-14-12-10-8-6-4-2/h1-2,45,48-50H,5-42H2. The van der Waals surface area contributed by atoms with Gasteiger partial charge < -0.3 is 0 Å². The smallest absolute Gasteiger partial charge is 0.0257 e. The average Bonchev–Trinajstić information content (AvgIpc) is 3.16. The van der Waals surface area contributed by atoms with E-state index in [1.807, 2.05) is 0 Å². The number of unbranched alkanes of at least 4 members (excludes halogenated alkanes) is 36. The molecule has 290 valence electrons. The van der Waals surface area contributed by atoms with E-state index in [4.69, 9.17) is 12.8 Å². The first-order valence-corrected chi connectivity index (χ1v) is 22.8. The van der Waals surface area contributed by atoms with Crippen LogP contribution in [0, 0.1) is 48.4 Å². The van der Waals surface area contributed by atoms with Crippen LogP contribution in [0.3, 0.4) is 0 Å². The summed E-state index contributed by atoms with van der Waals surface area (Å²) < 4.78 is 0. The SMILES string of the molecule is C#CCCCCCCCCCCCCCCCCCCCC#Cc1cccc(C#CCCCCCCCCCCCCCCCCCCCC#C)c1. The first kappa shape index (κ1) is 47.5. The highest BCUT2D eigenvalue weighted by Gasteiger charge is 1.97. The Kier molecular flexibility index (Phi) is 37.6. The van der Waals surface area contributed by atoms with Gasteiger partial charge in [-0.15, -0.1) is 24.7 Å². The third-order valence-electron chi connectivity index (χ3n) is 10.6. The second-order valence-electron chi connectivity index (χ2n) is 15.6. The largest absolute Gasteiger partial charge is 0.120 e. The normalized spacial score (nSPS) is 10.6. The van der Waals surface area contributed by atoms with Crippen molar-refractivity contribution in [2.24, 2.45) is 0 Å². The van der Waals surface area contributed by atoms with Crippen LogP contribution < -0.4 is 0 Å². The molecular weight excluding hydrogens is 625 g/mol. The van der Waals surface area contributed by atoms with Gasteiger partial charge in [0, 0.05) is 36.8 Å². The van der Waals surface area contributed by atoms with Gasteiger partial charge in [0.05, 0.1) is 0 Å². The molecule has 0 aliphatic carbocycles. The lowest BCUT2D eigenvalue weighted by atomic mass is 10.0. The molecular formula is C52H82. The van der Waals surface area contributed by atoms with Crippen molar-refractivity contribution in [2.45, 2.75) is 244 Å². The molecule has 0 nitrogen and oxygen atoms in total. The van der Waals surface area contributed by atoms with E-state index in [1.165, 1.54) is 218 Å². The summed E-state index contributed by atoms with van der Waals surface area (Å²) in [6.45, 7) is 0. The Hall–Kier alpha value is -2.54. The zero-order valence-electron chi connectivity index (χ0n) is 34.3. The summed E-state index contributed by atoms with van der Waals surface area (Å²) in [5.41, 5.74) is 2.22. The molecule has 0 aromatic heterocycles.